The van der Waals surface area contributed by atoms with Crippen LogP contribution in [0.15, 0.2) is 60.7 Å². The maximum Gasteiger partial charge on any atom is 0.408 e. The number of thioether (sulfide) groups is 1. The minimum Gasteiger partial charge on any atom is -0.480 e. The first-order valence-electron chi connectivity index (χ1n) is 9.53. The highest BCUT2D eigenvalue weighted by atomic mass is 32.2. The van der Waals surface area contributed by atoms with Crippen molar-refractivity contribution in [3.05, 3.63) is 71.8 Å². The third kappa shape index (κ3) is 8.16. The molecule has 160 valence electrons. The standard InChI is InChI=1S/C22H26N2O5S/c1-30-13-12-18(24-22(28)29-15-17-10-6-3-7-11-17)20(25)23-19(21(26)27)14-16-8-4-2-5-9-16/h2-11,18-19H,12-15H2,1H3,(H,23,25)(H,24,28)(H,26,27). The fraction of sp³-hybridized carbons (Fsp3) is 0.318. The van der Waals surface area contributed by atoms with Gasteiger partial charge in [-0.05, 0) is 29.6 Å². The fourth-order valence-corrected chi connectivity index (χ4v) is 3.21. The van der Waals surface area contributed by atoms with Crippen LogP contribution < -0.4 is 10.6 Å². The van der Waals surface area contributed by atoms with Gasteiger partial charge in [-0.15, -0.1) is 0 Å². The quantitative estimate of drug-likeness (QED) is 0.506. The van der Waals surface area contributed by atoms with Gasteiger partial charge in [-0.25, -0.2) is 9.59 Å². The summed E-state index contributed by atoms with van der Waals surface area (Å²) in [5.41, 5.74) is 1.62. The predicted octanol–water partition coefficient (Wildman–Crippen LogP) is 2.85. The number of hydrogen-bond acceptors (Lipinski definition) is 5. The maximum atomic E-state index is 12.7. The van der Waals surface area contributed by atoms with Crippen LogP contribution in [0.2, 0.25) is 0 Å². The molecule has 2 aromatic carbocycles. The Hall–Kier alpha value is -3.00. The molecule has 8 heteroatoms. The summed E-state index contributed by atoms with van der Waals surface area (Å²) in [6.45, 7) is 0.0787. The number of aliphatic carboxylic acids is 1. The van der Waals surface area contributed by atoms with Crippen LogP contribution in [0.25, 0.3) is 0 Å². The van der Waals surface area contributed by atoms with Crippen LogP contribution in [0.3, 0.4) is 0 Å². The smallest absolute Gasteiger partial charge is 0.408 e. The molecule has 0 aliphatic heterocycles. The highest BCUT2D eigenvalue weighted by Crippen LogP contribution is 2.07. The Morgan fingerprint density at radius 2 is 1.53 bits per heavy atom. The Kier molecular flexibility index (Phi) is 9.73. The zero-order valence-electron chi connectivity index (χ0n) is 16.7. The Balaban J connectivity index is 1.96. The van der Waals surface area contributed by atoms with Gasteiger partial charge < -0.3 is 20.5 Å². The van der Waals surface area contributed by atoms with Crippen LogP contribution in [0, 0.1) is 0 Å². The summed E-state index contributed by atoms with van der Waals surface area (Å²) in [6, 6.07) is 16.2. The van der Waals surface area contributed by atoms with E-state index >= 15 is 0 Å². The first-order valence-corrected chi connectivity index (χ1v) is 10.9. The summed E-state index contributed by atoms with van der Waals surface area (Å²) < 4.78 is 5.18. The lowest BCUT2D eigenvalue weighted by atomic mass is 10.1. The molecule has 0 fully saturated rings. The molecule has 2 rings (SSSR count). The van der Waals surface area contributed by atoms with E-state index in [-0.39, 0.29) is 13.0 Å². The molecule has 2 amide bonds. The number of benzene rings is 2. The second-order valence-corrected chi connectivity index (χ2v) is 7.61. The van der Waals surface area contributed by atoms with E-state index in [9.17, 15) is 19.5 Å². The van der Waals surface area contributed by atoms with Crippen LogP contribution in [-0.4, -0.2) is 47.2 Å². The highest BCUT2D eigenvalue weighted by molar-refractivity contribution is 7.98. The predicted molar refractivity (Wildman–Crippen MR) is 116 cm³/mol. The van der Waals surface area contributed by atoms with Gasteiger partial charge >= 0.3 is 12.1 Å². The average molecular weight is 431 g/mol. The summed E-state index contributed by atoms with van der Waals surface area (Å²) in [7, 11) is 0. The Labute approximate surface area is 180 Å². The molecule has 0 saturated carbocycles. The Morgan fingerprint density at radius 3 is 2.10 bits per heavy atom. The molecular formula is C22H26N2O5S. The number of amides is 2. The Bertz CT molecular complexity index is 817. The van der Waals surface area contributed by atoms with E-state index in [1.165, 1.54) is 11.8 Å². The van der Waals surface area contributed by atoms with E-state index < -0.39 is 30.1 Å². The van der Waals surface area contributed by atoms with Crippen LogP contribution in [0.1, 0.15) is 17.5 Å². The largest absolute Gasteiger partial charge is 0.480 e. The third-order valence-corrected chi connectivity index (χ3v) is 4.97. The van der Waals surface area contributed by atoms with Crippen molar-refractivity contribution < 1.29 is 24.2 Å². The summed E-state index contributed by atoms with van der Waals surface area (Å²) in [6.07, 6.45) is 1.66. The van der Waals surface area contributed by atoms with Crippen molar-refractivity contribution in [3.8, 4) is 0 Å². The minimum atomic E-state index is -1.14. The third-order valence-electron chi connectivity index (χ3n) is 4.33. The second-order valence-electron chi connectivity index (χ2n) is 6.63. The van der Waals surface area contributed by atoms with Crippen molar-refractivity contribution in [2.75, 3.05) is 12.0 Å². The number of ether oxygens (including phenoxy) is 1. The van der Waals surface area contributed by atoms with E-state index in [4.69, 9.17) is 4.74 Å². The van der Waals surface area contributed by atoms with E-state index in [0.717, 1.165) is 11.1 Å². The number of carboxylic acid groups (broad SMARTS) is 1. The lowest BCUT2D eigenvalue weighted by Crippen LogP contribution is -2.52. The van der Waals surface area contributed by atoms with Crippen LogP contribution in [0.5, 0.6) is 0 Å². The van der Waals surface area contributed by atoms with Gasteiger partial charge in [-0.1, -0.05) is 60.7 Å². The average Bonchev–Trinajstić information content (AvgIpc) is 2.76. The normalized spacial score (nSPS) is 12.4. The highest BCUT2D eigenvalue weighted by Gasteiger charge is 2.27. The van der Waals surface area contributed by atoms with E-state index in [1.807, 2.05) is 54.8 Å². The fourth-order valence-electron chi connectivity index (χ4n) is 2.73. The molecule has 7 nitrogen and oxygen atoms in total. The zero-order valence-corrected chi connectivity index (χ0v) is 17.6. The van der Waals surface area contributed by atoms with E-state index in [0.29, 0.717) is 12.2 Å². The van der Waals surface area contributed by atoms with Crippen molar-refractivity contribution in [2.24, 2.45) is 0 Å². The maximum absolute atomic E-state index is 12.7. The van der Waals surface area contributed by atoms with Gasteiger partial charge in [0, 0.05) is 6.42 Å². The Morgan fingerprint density at radius 1 is 0.933 bits per heavy atom. The number of carbonyl (C=O) groups excluding carboxylic acids is 2. The minimum absolute atomic E-state index is 0.0787. The molecular weight excluding hydrogens is 404 g/mol. The molecule has 2 aromatic rings. The zero-order chi connectivity index (χ0) is 21.8. The second kappa shape index (κ2) is 12.5. The lowest BCUT2D eigenvalue weighted by molar-refractivity contribution is -0.142. The summed E-state index contributed by atoms with van der Waals surface area (Å²) in [5.74, 6) is -1.07. The van der Waals surface area contributed by atoms with Crippen molar-refractivity contribution in [1.29, 1.82) is 0 Å². The molecule has 0 heterocycles. The molecule has 3 N–H and O–H groups in total. The summed E-state index contributed by atoms with van der Waals surface area (Å²) >= 11 is 1.52. The molecule has 30 heavy (non-hydrogen) atoms. The van der Waals surface area contributed by atoms with E-state index in [2.05, 4.69) is 10.6 Å². The van der Waals surface area contributed by atoms with Gasteiger partial charge in [0.1, 0.15) is 18.7 Å². The van der Waals surface area contributed by atoms with Crippen molar-refractivity contribution in [2.45, 2.75) is 31.5 Å². The number of carboxylic acids is 1. The van der Waals surface area contributed by atoms with Crippen LogP contribution in [-0.2, 0) is 27.4 Å². The van der Waals surface area contributed by atoms with Gasteiger partial charge in [-0.3, -0.25) is 4.79 Å². The lowest BCUT2D eigenvalue weighted by Gasteiger charge is -2.21. The van der Waals surface area contributed by atoms with Gasteiger partial charge in [0.15, 0.2) is 0 Å². The van der Waals surface area contributed by atoms with Crippen LogP contribution >= 0.6 is 11.8 Å². The molecule has 2 atom stereocenters. The van der Waals surface area contributed by atoms with Crippen molar-refractivity contribution in [1.82, 2.24) is 10.6 Å². The summed E-state index contributed by atoms with van der Waals surface area (Å²) in [4.78, 5) is 36.5. The molecule has 0 saturated heterocycles. The monoisotopic (exact) mass is 430 g/mol. The van der Waals surface area contributed by atoms with E-state index in [1.54, 1.807) is 12.1 Å². The number of nitrogens with one attached hydrogen (secondary N) is 2. The molecule has 0 spiro atoms. The first-order chi connectivity index (χ1) is 14.5. The number of carbonyl (C=O) groups is 3. The van der Waals surface area contributed by atoms with Gasteiger partial charge in [0.2, 0.25) is 5.91 Å². The number of hydrogen-bond donors (Lipinski definition) is 3. The molecule has 0 aliphatic carbocycles. The molecule has 0 aliphatic rings. The topological polar surface area (TPSA) is 105 Å². The molecule has 0 bridgehead atoms. The SMILES string of the molecule is CSCCC(NC(=O)OCc1ccccc1)C(=O)NC(Cc1ccccc1)C(=O)O. The summed E-state index contributed by atoms with van der Waals surface area (Å²) in [5, 5.41) is 14.6. The molecule has 0 aromatic heterocycles. The molecule has 2 unspecified atom stereocenters. The number of rotatable bonds is 11. The van der Waals surface area contributed by atoms with Gasteiger partial charge in [-0.2, -0.15) is 11.8 Å². The number of alkyl carbamates (subject to hydrolysis) is 1. The first kappa shape index (κ1) is 23.3. The van der Waals surface area contributed by atoms with Gasteiger partial charge in [0.25, 0.3) is 0 Å². The van der Waals surface area contributed by atoms with Crippen molar-refractivity contribution in [3.63, 3.8) is 0 Å². The van der Waals surface area contributed by atoms with Gasteiger partial charge in [0.05, 0.1) is 0 Å². The van der Waals surface area contributed by atoms with Crippen molar-refractivity contribution >= 4 is 29.7 Å². The molecule has 0 radical (unpaired) electrons. The van der Waals surface area contributed by atoms with Crippen LogP contribution in [0.4, 0.5) is 4.79 Å².